The molecule has 0 aromatic heterocycles. The van der Waals surface area contributed by atoms with Gasteiger partial charge < -0.3 is 5.73 Å². The number of hydrogen-bond donors (Lipinski definition) is 1. The molecule has 1 fully saturated rings. The van der Waals surface area contributed by atoms with Crippen molar-refractivity contribution < 1.29 is 0 Å². The Morgan fingerprint density at radius 3 is 2.83 bits per heavy atom. The lowest BCUT2D eigenvalue weighted by Crippen LogP contribution is -2.46. The van der Waals surface area contributed by atoms with Gasteiger partial charge in [0.05, 0.1) is 0 Å². The summed E-state index contributed by atoms with van der Waals surface area (Å²) >= 11 is 0. The summed E-state index contributed by atoms with van der Waals surface area (Å²) in [5, 5.41) is 0. The Hall–Kier alpha value is -0.860. The zero-order valence-corrected chi connectivity index (χ0v) is 11.9. The van der Waals surface area contributed by atoms with Gasteiger partial charge in [0, 0.05) is 19.1 Å². The number of benzene rings is 1. The van der Waals surface area contributed by atoms with E-state index in [1.165, 1.54) is 23.1 Å². The number of hydrogen-bond acceptors (Lipinski definition) is 2. The summed E-state index contributed by atoms with van der Waals surface area (Å²) in [7, 11) is 0. The van der Waals surface area contributed by atoms with Crippen molar-refractivity contribution in [3.05, 3.63) is 34.9 Å². The average molecular weight is 246 g/mol. The Kier molecular flexibility index (Phi) is 4.41. The van der Waals surface area contributed by atoms with E-state index in [0.717, 1.165) is 26.1 Å². The molecule has 0 aliphatic carbocycles. The van der Waals surface area contributed by atoms with Crippen molar-refractivity contribution in [1.29, 1.82) is 0 Å². The normalized spacial score (nSPS) is 25.3. The van der Waals surface area contributed by atoms with Gasteiger partial charge in [0.1, 0.15) is 0 Å². The molecule has 1 aliphatic heterocycles. The van der Waals surface area contributed by atoms with Gasteiger partial charge in [-0.3, -0.25) is 4.90 Å². The largest absolute Gasteiger partial charge is 0.327 e. The van der Waals surface area contributed by atoms with Crippen LogP contribution in [0.3, 0.4) is 0 Å². The number of rotatable bonds is 3. The van der Waals surface area contributed by atoms with Crippen LogP contribution in [0.25, 0.3) is 0 Å². The zero-order chi connectivity index (χ0) is 13.1. The lowest BCUT2D eigenvalue weighted by atomic mass is 9.90. The van der Waals surface area contributed by atoms with Gasteiger partial charge in [0.25, 0.3) is 0 Å². The third kappa shape index (κ3) is 3.12. The Morgan fingerprint density at radius 2 is 2.11 bits per heavy atom. The minimum atomic E-state index is 0.407. The highest BCUT2D eigenvalue weighted by Gasteiger charge is 2.25. The fraction of sp³-hybridized carbons (Fsp3) is 0.625. The summed E-state index contributed by atoms with van der Waals surface area (Å²) in [6.07, 6.45) is 2.34. The Balaban J connectivity index is 2.03. The fourth-order valence-corrected chi connectivity index (χ4v) is 2.91. The maximum absolute atomic E-state index is 6.17. The van der Waals surface area contributed by atoms with Crippen LogP contribution in [0.4, 0.5) is 0 Å². The van der Waals surface area contributed by atoms with E-state index in [9.17, 15) is 0 Å². The van der Waals surface area contributed by atoms with Crippen molar-refractivity contribution in [2.24, 2.45) is 11.7 Å². The summed E-state index contributed by atoms with van der Waals surface area (Å²) in [6, 6.07) is 7.16. The highest BCUT2D eigenvalue weighted by Crippen LogP contribution is 2.21. The van der Waals surface area contributed by atoms with Crippen molar-refractivity contribution in [3.8, 4) is 0 Å². The first kappa shape index (κ1) is 13.6. The molecule has 0 bridgehead atoms. The molecule has 0 saturated carbocycles. The first-order valence-electron chi connectivity index (χ1n) is 7.14. The molecule has 1 heterocycles. The molecule has 1 aliphatic rings. The maximum atomic E-state index is 6.17. The third-order valence-corrected chi connectivity index (χ3v) is 4.30. The topological polar surface area (TPSA) is 29.3 Å². The van der Waals surface area contributed by atoms with E-state index in [-0.39, 0.29) is 0 Å². The molecule has 2 nitrogen and oxygen atoms in total. The van der Waals surface area contributed by atoms with Gasteiger partial charge in [-0.15, -0.1) is 0 Å². The van der Waals surface area contributed by atoms with Crippen LogP contribution in [0.15, 0.2) is 18.2 Å². The Labute approximate surface area is 111 Å². The van der Waals surface area contributed by atoms with Gasteiger partial charge in [-0.1, -0.05) is 37.1 Å². The van der Waals surface area contributed by atoms with E-state index in [4.69, 9.17) is 5.73 Å². The Bertz CT molecular complexity index is 400. The molecule has 0 radical (unpaired) electrons. The second-order valence-corrected chi connectivity index (χ2v) is 5.79. The van der Waals surface area contributed by atoms with Crippen molar-refractivity contribution in [2.45, 2.75) is 46.2 Å². The SMILES string of the molecule is CCC1CN(Cc2cc(C)ccc2C)CCC1N. The van der Waals surface area contributed by atoms with Gasteiger partial charge in [0.2, 0.25) is 0 Å². The van der Waals surface area contributed by atoms with E-state index in [1.54, 1.807) is 0 Å². The molecule has 1 aromatic carbocycles. The number of piperidine rings is 1. The summed E-state index contributed by atoms with van der Waals surface area (Å²) in [6.45, 7) is 10.0. The van der Waals surface area contributed by atoms with Gasteiger partial charge >= 0.3 is 0 Å². The predicted octanol–water partition coefficient (Wildman–Crippen LogP) is 2.86. The van der Waals surface area contributed by atoms with Crippen LogP contribution < -0.4 is 5.73 Å². The minimum absolute atomic E-state index is 0.407. The molecule has 100 valence electrons. The molecule has 2 rings (SSSR count). The number of nitrogens with two attached hydrogens (primary N) is 1. The van der Waals surface area contributed by atoms with Gasteiger partial charge in [0.15, 0.2) is 0 Å². The summed E-state index contributed by atoms with van der Waals surface area (Å²) < 4.78 is 0. The van der Waals surface area contributed by atoms with Gasteiger partial charge in [-0.05, 0) is 43.9 Å². The minimum Gasteiger partial charge on any atom is -0.327 e. The second-order valence-electron chi connectivity index (χ2n) is 5.79. The third-order valence-electron chi connectivity index (χ3n) is 4.30. The first-order chi connectivity index (χ1) is 8.60. The number of likely N-dealkylation sites (tertiary alicyclic amines) is 1. The highest BCUT2D eigenvalue weighted by molar-refractivity contribution is 5.30. The van der Waals surface area contributed by atoms with E-state index in [2.05, 4.69) is 43.9 Å². The van der Waals surface area contributed by atoms with E-state index >= 15 is 0 Å². The first-order valence-corrected chi connectivity index (χ1v) is 7.14. The standard InChI is InChI=1S/C16H26N2/c1-4-14-10-18(8-7-16(14)17)11-15-9-12(2)5-6-13(15)3/h5-6,9,14,16H,4,7-8,10-11,17H2,1-3H3. The smallest absolute Gasteiger partial charge is 0.0236 e. The van der Waals surface area contributed by atoms with E-state index < -0.39 is 0 Å². The molecule has 2 N–H and O–H groups in total. The van der Waals surface area contributed by atoms with Gasteiger partial charge in [-0.2, -0.15) is 0 Å². The molecule has 1 aromatic rings. The van der Waals surface area contributed by atoms with Crippen molar-refractivity contribution in [3.63, 3.8) is 0 Å². The molecule has 2 atom stereocenters. The molecule has 0 amide bonds. The van der Waals surface area contributed by atoms with Crippen LogP contribution in [0, 0.1) is 19.8 Å². The van der Waals surface area contributed by atoms with Crippen LogP contribution in [0.5, 0.6) is 0 Å². The maximum Gasteiger partial charge on any atom is 0.0236 e. The van der Waals surface area contributed by atoms with E-state index in [1.807, 2.05) is 0 Å². The summed E-state index contributed by atoms with van der Waals surface area (Å²) in [5.74, 6) is 0.670. The van der Waals surface area contributed by atoms with Gasteiger partial charge in [-0.25, -0.2) is 0 Å². The van der Waals surface area contributed by atoms with Crippen LogP contribution in [0.2, 0.25) is 0 Å². The highest BCUT2D eigenvalue weighted by atomic mass is 15.1. The summed E-state index contributed by atoms with van der Waals surface area (Å²) in [5.41, 5.74) is 10.4. The predicted molar refractivity (Wildman–Crippen MR) is 77.6 cm³/mol. The molecular weight excluding hydrogens is 220 g/mol. The lowest BCUT2D eigenvalue weighted by Gasteiger charge is -2.36. The molecule has 18 heavy (non-hydrogen) atoms. The number of aryl methyl sites for hydroxylation is 2. The monoisotopic (exact) mass is 246 g/mol. The molecule has 2 heteroatoms. The molecule has 0 spiro atoms. The molecule has 1 saturated heterocycles. The van der Waals surface area contributed by atoms with E-state index in [0.29, 0.717) is 12.0 Å². The molecular formula is C16H26N2. The summed E-state index contributed by atoms with van der Waals surface area (Å²) in [4.78, 5) is 2.57. The quantitative estimate of drug-likeness (QED) is 0.888. The van der Waals surface area contributed by atoms with Crippen LogP contribution in [0.1, 0.15) is 36.5 Å². The lowest BCUT2D eigenvalue weighted by molar-refractivity contribution is 0.145. The van der Waals surface area contributed by atoms with Crippen molar-refractivity contribution >= 4 is 0 Å². The Morgan fingerprint density at radius 1 is 1.33 bits per heavy atom. The average Bonchev–Trinajstić information content (AvgIpc) is 2.36. The fourth-order valence-electron chi connectivity index (χ4n) is 2.91. The van der Waals surface area contributed by atoms with Crippen LogP contribution in [-0.4, -0.2) is 24.0 Å². The van der Waals surface area contributed by atoms with Crippen LogP contribution >= 0.6 is 0 Å². The van der Waals surface area contributed by atoms with Crippen LogP contribution in [-0.2, 0) is 6.54 Å². The second kappa shape index (κ2) is 5.85. The number of nitrogens with zero attached hydrogens (tertiary/aromatic N) is 1. The zero-order valence-electron chi connectivity index (χ0n) is 11.9. The molecule has 2 unspecified atom stereocenters. The van der Waals surface area contributed by atoms with Crippen molar-refractivity contribution in [1.82, 2.24) is 4.90 Å². The van der Waals surface area contributed by atoms with Crippen molar-refractivity contribution in [2.75, 3.05) is 13.1 Å².